The molecule has 0 aromatic rings. The summed E-state index contributed by atoms with van der Waals surface area (Å²) in [6, 6.07) is 0. The van der Waals surface area contributed by atoms with Crippen LogP contribution in [0.2, 0.25) is 0 Å². The van der Waals surface area contributed by atoms with Crippen LogP contribution in [-0.4, -0.2) is 11.6 Å². The van der Waals surface area contributed by atoms with Crippen molar-refractivity contribution in [2.75, 3.05) is 0 Å². The summed E-state index contributed by atoms with van der Waals surface area (Å²) in [5.74, 6) is -0.204. The van der Waals surface area contributed by atoms with Crippen molar-refractivity contribution in [1.29, 1.82) is 0 Å². The highest BCUT2D eigenvalue weighted by molar-refractivity contribution is 5.89. The minimum absolute atomic E-state index is 0.204. The van der Waals surface area contributed by atoms with Gasteiger partial charge in [0.25, 0.3) is 0 Å². The van der Waals surface area contributed by atoms with Crippen molar-refractivity contribution in [1.82, 2.24) is 0 Å². The normalized spacial score (nSPS) is 10.7. The molecule has 2 nitrogen and oxygen atoms in total. The summed E-state index contributed by atoms with van der Waals surface area (Å²) in [6.07, 6.45) is 2.70. The average molecular weight is 224 g/mol. The number of hydrogen-bond donors (Lipinski definition) is 0. The first kappa shape index (κ1) is 14.9. The number of carbonyl (C=O) groups excluding carboxylic acids is 1. The van der Waals surface area contributed by atoms with Gasteiger partial charge in [0.15, 0.2) is 0 Å². The molecule has 0 aliphatic heterocycles. The van der Waals surface area contributed by atoms with E-state index >= 15 is 0 Å². The van der Waals surface area contributed by atoms with Crippen molar-refractivity contribution in [3.05, 3.63) is 22.8 Å². The van der Waals surface area contributed by atoms with E-state index in [0.717, 1.165) is 11.1 Å². The third kappa shape index (κ3) is 6.44. The fourth-order valence-electron chi connectivity index (χ4n) is 1.14. The molecule has 0 spiro atoms. The molecular formula is C14H24O2. The smallest absolute Gasteiger partial charge is 0.334 e. The van der Waals surface area contributed by atoms with Crippen molar-refractivity contribution in [3.8, 4) is 0 Å². The number of hydrogen-bond acceptors (Lipinski definition) is 2. The van der Waals surface area contributed by atoms with E-state index in [1.807, 2.05) is 54.5 Å². The van der Waals surface area contributed by atoms with Crippen LogP contribution < -0.4 is 0 Å². The Morgan fingerprint density at radius 3 is 1.94 bits per heavy atom. The minimum Gasteiger partial charge on any atom is -0.457 e. The second-order valence-corrected chi connectivity index (χ2v) is 5.47. The quantitative estimate of drug-likeness (QED) is 0.411. The fourth-order valence-corrected chi connectivity index (χ4v) is 1.14. The fraction of sp³-hybridized carbons (Fsp3) is 0.643. The van der Waals surface area contributed by atoms with Gasteiger partial charge in [0.1, 0.15) is 5.60 Å². The second-order valence-electron chi connectivity index (χ2n) is 5.47. The summed E-state index contributed by atoms with van der Waals surface area (Å²) < 4.78 is 5.37. The second kappa shape index (κ2) is 5.88. The predicted octanol–water partition coefficient (Wildman–Crippen LogP) is 4.02. The predicted molar refractivity (Wildman–Crippen MR) is 68.3 cm³/mol. The van der Waals surface area contributed by atoms with Crippen molar-refractivity contribution >= 4 is 5.97 Å². The zero-order valence-electron chi connectivity index (χ0n) is 11.6. The molecule has 2 heteroatoms. The van der Waals surface area contributed by atoms with Crippen LogP contribution in [0.4, 0.5) is 0 Å². The zero-order chi connectivity index (χ0) is 12.9. The molecule has 0 bridgehead atoms. The van der Waals surface area contributed by atoms with Gasteiger partial charge in [0.05, 0.1) is 0 Å². The molecule has 0 radical (unpaired) electrons. The van der Waals surface area contributed by atoms with Crippen LogP contribution >= 0.6 is 0 Å². The number of carbonyl (C=O) groups is 1. The van der Waals surface area contributed by atoms with E-state index in [4.69, 9.17) is 4.74 Å². The molecule has 0 fully saturated rings. The molecule has 0 atom stereocenters. The van der Waals surface area contributed by atoms with Crippen molar-refractivity contribution in [2.45, 2.75) is 60.5 Å². The first-order chi connectivity index (χ1) is 7.13. The highest BCUT2D eigenvalue weighted by Crippen LogP contribution is 2.17. The van der Waals surface area contributed by atoms with E-state index in [1.165, 1.54) is 5.57 Å². The highest BCUT2D eigenvalue weighted by atomic mass is 16.6. The summed E-state index contributed by atoms with van der Waals surface area (Å²) in [5, 5.41) is 0. The van der Waals surface area contributed by atoms with Crippen molar-refractivity contribution in [2.24, 2.45) is 0 Å². The largest absolute Gasteiger partial charge is 0.457 e. The van der Waals surface area contributed by atoms with E-state index in [0.29, 0.717) is 6.42 Å². The number of ether oxygens (including phenoxy) is 1. The number of rotatable bonds is 3. The monoisotopic (exact) mass is 224 g/mol. The molecule has 0 unspecified atom stereocenters. The average Bonchev–Trinajstić information content (AvgIpc) is 1.98. The lowest BCUT2D eigenvalue weighted by Gasteiger charge is -2.21. The highest BCUT2D eigenvalue weighted by Gasteiger charge is 2.19. The summed E-state index contributed by atoms with van der Waals surface area (Å²) in [6.45, 7) is 13.6. The van der Waals surface area contributed by atoms with Gasteiger partial charge < -0.3 is 4.74 Å². The Morgan fingerprint density at radius 2 is 1.62 bits per heavy atom. The van der Waals surface area contributed by atoms with Gasteiger partial charge in [-0.1, -0.05) is 17.2 Å². The Bertz CT molecular complexity index is 306. The van der Waals surface area contributed by atoms with Crippen LogP contribution in [0.5, 0.6) is 0 Å². The molecule has 0 amide bonds. The van der Waals surface area contributed by atoms with Gasteiger partial charge in [-0.3, -0.25) is 0 Å². The first-order valence-corrected chi connectivity index (χ1v) is 5.66. The lowest BCUT2D eigenvalue weighted by atomic mass is 10.1. The molecular weight excluding hydrogens is 200 g/mol. The topological polar surface area (TPSA) is 26.3 Å². The molecule has 16 heavy (non-hydrogen) atoms. The molecule has 0 aromatic carbocycles. The van der Waals surface area contributed by atoms with Gasteiger partial charge in [-0.25, -0.2) is 4.79 Å². The zero-order valence-corrected chi connectivity index (χ0v) is 11.6. The minimum atomic E-state index is -0.428. The van der Waals surface area contributed by atoms with Gasteiger partial charge >= 0.3 is 5.97 Å². The first-order valence-electron chi connectivity index (χ1n) is 5.66. The van der Waals surface area contributed by atoms with E-state index in [-0.39, 0.29) is 5.97 Å². The summed E-state index contributed by atoms with van der Waals surface area (Å²) in [4.78, 5) is 11.9. The van der Waals surface area contributed by atoms with Crippen LogP contribution in [0.25, 0.3) is 0 Å². The molecule has 0 aliphatic carbocycles. The molecule has 0 aromatic heterocycles. The van der Waals surface area contributed by atoms with Gasteiger partial charge in [0, 0.05) is 5.57 Å². The van der Waals surface area contributed by atoms with Crippen LogP contribution in [-0.2, 0) is 9.53 Å². The van der Waals surface area contributed by atoms with Gasteiger partial charge in [-0.05, 0) is 54.9 Å². The number of allylic oxidation sites excluding steroid dienone is 3. The third-order valence-electron chi connectivity index (χ3n) is 1.96. The van der Waals surface area contributed by atoms with Crippen molar-refractivity contribution in [3.63, 3.8) is 0 Å². The van der Waals surface area contributed by atoms with Gasteiger partial charge in [-0.2, -0.15) is 0 Å². The molecule has 92 valence electrons. The lowest BCUT2D eigenvalue weighted by molar-refractivity contribution is -0.150. The molecule has 0 rings (SSSR count). The Hall–Kier alpha value is -1.05. The molecule has 0 saturated carbocycles. The maximum atomic E-state index is 11.9. The molecule has 0 N–H and O–H groups in total. The standard InChI is InChI=1S/C14H24O2/c1-10(2)8-9-12(11(3)4)13(15)16-14(5,6)7/h8H,9H2,1-7H3. The number of esters is 1. The molecule has 0 aliphatic rings. The summed E-state index contributed by atoms with van der Waals surface area (Å²) in [5.41, 5.74) is 2.56. The maximum absolute atomic E-state index is 11.9. The Balaban J connectivity index is 4.78. The Morgan fingerprint density at radius 1 is 1.12 bits per heavy atom. The molecule has 0 heterocycles. The summed E-state index contributed by atoms with van der Waals surface area (Å²) in [7, 11) is 0. The van der Waals surface area contributed by atoms with Crippen LogP contribution in [0.1, 0.15) is 54.9 Å². The maximum Gasteiger partial charge on any atom is 0.334 e. The van der Waals surface area contributed by atoms with Gasteiger partial charge in [0.2, 0.25) is 0 Å². The van der Waals surface area contributed by atoms with E-state index < -0.39 is 5.60 Å². The Kier molecular flexibility index (Phi) is 5.49. The van der Waals surface area contributed by atoms with E-state index in [2.05, 4.69) is 0 Å². The van der Waals surface area contributed by atoms with Crippen LogP contribution in [0, 0.1) is 0 Å². The molecule has 0 saturated heterocycles. The summed E-state index contributed by atoms with van der Waals surface area (Å²) >= 11 is 0. The van der Waals surface area contributed by atoms with Crippen molar-refractivity contribution < 1.29 is 9.53 Å². The van der Waals surface area contributed by atoms with Crippen LogP contribution in [0.3, 0.4) is 0 Å². The van der Waals surface area contributed by atoms with Crippen LogP contribution in [0.15, 0.2) is 22.8 Å². The van der Waals surface area contributed by atoms with E-state index in [1.54, 1.807) is 0 Å². The lowest BCUT2D eigenvalue weighted by Crippen LogP contribution is -2.25. The van der Waals surface area contributed by atoms with E-state index in [9.17, 15) is 4.79 Å². The Labute approximate surface area is 99.4 Å². The van der Waals surface area contributed by atoms with Gasteiger partial charge in [-0.15, -0.1) is 0 Å². The SMILES string of the molecule is CC(C)=CCC(C(=O)OC(C)(C)C)=C(C)C. The third-order valence-corrected chi connectivity index (χ3v) is 1.96.